The van der Waals surface area contributed by atoms with Gasteiger partial charge in [0.15, 0.2) is 0 Å². The van der Waals surface area contributed by atoms with E-state index >= 15 is 0 Å². The topological polar surface area (TPSA) is 50.2 Å². The van der Waals surface area contributed by atoms with Gasteiger partial charge in [-0.15, -0.1) is 0 Å². The van der Waals surface area contributed by atoms with Gasteiger partial charge in [-0.2, -0.15) is 0 Å². The Balaban J connectivity index is 1.55. The summed E-state index contributed by atoms with van der Waals surface area (Å²) in [5.41, 5.74) is 1.04. The number of imidazole rings is 1. The fraction of sp³-hybridized carbons (Fsp3) is 0.444. The summed E-state index contributed by atoms with van der Waals surface area (Å²) < 4.78 is 15.2. The lowest BCUT2D eigenvalue weighted by molar-refractivity contribution is -0.127. The number of nitrogens with zero attached hydrogens (tertiary/aromatic N) is 3. The first kappa shape index (κ1) is 16.6. The molecule has 1 atom stereocenters. The molecule has 1 fully saturated rings. The van der Waals surface area contributed by atoms with Crippen molar-refractivity contribution in [2.75, 3.05) is 19.6 Å². The molecule has 2 heterocycles. The van der Waals surface area contributed by atoms with E-state index in [1.807, 2.05) is 27.8 Å². The van der Waals surface area contributed by atoms with Crippen molar-refractivity contribution >= 4 is 5.91 Å². The highest BCUT2D eigenvalue weighted by Gasteiger charge is 2.19. The molecular formula is C18H23FN4O. The minimum atomic E-state index is -0.229. The number of hydrogen-bond acceptors (Lipinski definition) is 3. The number of amides is 1. The molecule has 1 saturated heterocycles. The molecule has 1 aliphatic heterocycles. The molecule has 1 aliphatic rings. The zero-order valence-corrected chi connectivity index (χ0v) is 13.7. The number of halogens is 1. The average molecular weight is 330 g/mol. The van der Waals surface area contributed by atoms with Crippen molar-refractivity contribution in [1.29, 1.82) is 0 Å². The van der Waals surface area contributed by atoms with Crippen LogP contribution >= 0.6 is 0 Å². The molecule has 0 saturated carbocycles. The highest BCUT2D eigenvalue weighted by molar-refractivity contribution is 5.77. The zero-order chi connectivity index (χ0) is 16.8. The van der Waals surface area contributed by atoms with E-state index in [1.54, 1.807) is 12.5 Å². The molecule has 0 radical (unpaired) electrons. The summed E-state index contributed by atoms with van der Waals surface area (Å²) in [7, 11) is 0. The Kier molecular flexibility index (Phi) is 5.59. The first-order valence-corrected chi connectivity index (χ1v) is 8.45. The van der Waals surface area contributed by atoms with Crippen molar-refractivity contribution in [1.82, 2.24) is 19.8 Å². The van der Waals surface area contributed by atoms with E-state index in [0.29, 0.717) is 6.42 Å². The van der Waals surface area contributed by atoms with Crippen LogP contribution in [-0.4, -0.2) is 40.0 Å². The summed E-state index contributed by atoms with van der Waals surface area (Å²) in [5.74, 6) is 0.0381. The SMILES string of the molecule is O=C1CCCN1CCCN[C@@H](Cn1ccnc1)c1ccc(F)cc1. The third-order valence-corrected chi connectivity index (χ3v) is 4.39. The molecule has 1 aromatic carbocycles. The van der Waals surface area contributed by atoms with Crippen molar-refractivity contribution in [3.63, 3.8) is 0 Å². The molecule has 1 amide bonds. The van der Waals surface area contributed by atoms with Crippen LogP contribution in [0.5, 0.6) is 0 Å². The quantitative estimate of drug-likeness (QED) is 0.756. The van der Waals surface area contributed by atoms with Gasteiger partial charge in [0.2, 0.25) is 5.91 Å². The molecule has 1 aromatic heterocycles. The number of nitrogens with one attached hydrogen (secondary N) is 1. The lowest BCUT2D eigenvalue weighted by Gasteiger charge is -2.21. The van der Waals surface area contributed by atoms with Crippen LogP contribution in [0.15, 0.2) is 43.0 Å². The molecule has 0 aliphatic carbocycles. The van der Waals surface area contributed by atoms with Crippen LogP contribution in [0.2, 0.25) is 0 Å². The zero-order valence-electron chi connectivity index (χ0n) is 13.7. The van der Waals surface area contributed by atoms with Gasteiger partial charge in [-0.3, -0.25) is 4.79 Å². The molecule has 5 nitrogen and oxygen atoms in total. The predicted molar refractivity (Wildman–Crippen MR) is 89.8 cm³/mol. The maximum Gasteiger partial charge on any atom is 0.222 e. The summed E-state index contributed by atoms with van der Waals surface area (Å²) in [6.45, 7) is 3.22. The van der Waals surface area contributed by atoms with E-state index < -0.39 is 0 Å². The number of aromatic nitrogens is 2. The number of carbonyl (C=O) groups is 1. The van der Waals surface area contributed by atoms with Gasteiger partial charge < -0.3 is 14.8 Å². The van der Waals surface area contributed by atoms with Crippen LogP contribution in [0.25, 0.3) is 0 Å². The van der Waals surface area contributed by atoms with Gasteiger partial charge in [0.1, 0.15) is 5.82 Å². The Bertz CT molecular complexity index is 642. The first-order chi connectivity index (χ1) is 11.7. The van der Waals surface area contributed by atoms with Gasteiger partial charge in [0.25, 0.3) is 0 Å². The summed E-state index contributed by atoms with van der Waals surface area (Å²) in [4.78, 5) is 17.6. The smallest absolute Gasteiger partial charge is 0.222 e. The standard InChI is InChI=1S/C18H23FN4O/c19-16-6-4-15(5-7-16)17(13-22-12-9-20-14-22)21-8-2-11-23-10-1-3-18(23)24/h4-7,9,12,14,17,21H,1-3,8,10-11,13H2/t17-/m0/s1. The van der Waals surface area contributed by atoms with Crippen molar-refractivity contribution < 1.29 is 9.18 Å². The Morgan fingerprint density at radius 1 is 1.29 bits per heavy atom. The van der Waals surface area contributed by atoms with E-state index in [-0.39, 0.29) is 17.8 Å². The second-order valence-electron chi connectivity index (χ2n) is 6.16. The summed E-state index contributed by atoms with van der Waals surface area (Å²) >= 11 is 0. The van der Waals surface area contributed by atoms with E-state index in [4.69, 9.17) is 0 Å². The van der Waals surface area contributed by atoms with E-state index in [2.05, 4.69) is 10.3 Å². The highest BCUT2D eigenvalue weighted by atomic mass is 19.1. The Morgan fingerprint density at radius 3 is 2.79 bits per heavy atom. The van der Waals surface area contributed by atoms with Crippen LogP contribution in [0.1, 0.15) is 30.9 Å². The van der Waals surface area contributed by atoms with E-state index in [0.717, 1.165) is 44.6 Å². The Morgan fingerprint density at radius 2 is 2.12 bits per heavy atom. The van der Waals surface area contributed by atoms with Crippen LogP contribution in [-0.2, 0) is 11.3 Å². The van der Waals surface area contributed by atoms with Gasteiger partial charge in [-0.05, 0) is 37.1 Å². The van der Waals surface area contributed by atoms with Crippen molar-refractivity contribution in [3.05, 3.63) is 54.4 Å². The first-order valence-electron chi connectivity index (χ1n) is 8.45. The third kappa shape index (κ3) is 4.41. The number of likely N-dealkylation sites (tertiary alicyclic amines) is 1. The molecule has 0 spiro atoms. The number of hydrogen-bond donors (Lipinski definition) is 1. The molecule has 0 unspecified atom stereocenters. The molecule has 0 bridgehead atoms. The second kappa shape index (κ2) is 8.06. The Hall–Kier alpha value is -2.21. The molecule has 3 rings (SSSR count). The van der Waals surface area contributed by atoms with Crippen molar-refractivity contribution in [3.8, 4) is 0 Å². The highest BCUT2D eigenvalue weighted by Crippen LogP contribution is 2.16. The second-order valence-corrected chi connectivity index (χ2v) is 6.16. The van der Waals surface area contributed by atoms with Crippen molar-refractivity contribution in [2.45, 2.75) is 31.8 Å². The molecular weight excluding hydrogens is 307 g/mol. The molecule has 1 N–H and O–H groups in total. The fourth-order valence-electron chi connectivity index (χ4n) is 3.08. The van der Waals surface area contributed by atoms with E-state index in [1.165, 1.54) is 12.1 Å². The monoisotopic (exact) mass is 330 g/mol. The summed E-state index contributed by atoms with van der Waals surface area (Å²) in [5, 5.41) is 3.52. The lowest BCUT2D eigenvalue weighted by Crippen LogP contribution is -2.31. The van der Waals surface area contributed by atoms with Gasteiger partial charge in [-0.25, -0.2) is 9.37 Å². The average Bonchev–Trinajstić information content (AvgIpc) is 3.23. The predicted octanol–water partition coefficient (Wildman–Crippen LogP) is 2.37. The lowest BCUT2D eigenvalue weighted by atomic mass is 10.1. The minimum absolute atomic E-state index is 0.0779. The molecule has 24 heavy (non-hydrogen) atoms. The van der Waals surface area contributed by atoms with Crippen LogP contribution < -0.4 is 5.32 Å². The number of benzene rings is 1. The number of rotatable bonds is 8. The summed E-state index contributed by atoms with van der Waals surface area (Å²) in [6, 6.07) is 6.68. The molecule has 2 aromatic rings. The molecule has 6 heteroatoms. The third-order valence-electron chi connectivity index (χ3n) is 4.39. The largest absolute Gasteiger partial charge is 0.343 e. The number of carbonyl (C=O) groups excluding carboxylic acids is 1. The van der Waals surface area contributed by atoms with Gasteiger partial charge in [0.05, 0.1) is 12.4 Å². The fourth-order valence-corrected chi connectivity index (χ4v) is 3.08. The maximum absolute atomic E-state index is 13.2. The van der Waals surface area contributed by atoms with Crippen molar-refractivity contribution in [2.24, 2.45) is 0 Å². The van der Waals surface area contributed by atoms with Gasteiger partial charge in [-0.1, -0.05) is 12.1 Å². The van der Waals surface area contributed by atoms with Crippen LogP contribution in [0.3, 0.4) is 0 Å². The van der Waals surface area contributed by atoms with Gasteiger partial charge >= 0.3 is 0 Å². The van der Waals surface area contributed by atoms with Gasteiger partial charge in [0, 0.05) is 38.4 Å². The van der Waals surface area contributed by atoms with E-state index in [9.17, 15) is 9.18 Å². The van der Waals surface area contributed by atoms with Crippen LogP contribution in [0, 0.1) is 5.82 Å². The summed E-state index contributed by atoms with van der Waals surface area (Å²) in [6.07, 6.45) is 8.02. The molecule has 128 valence electrons. The van der Waals surface area contributed by atoms with Crippen LogP contribution in [0.4, 0.5) is 4.39 Å². The minimum Gasteiger partial charge on any atom is -0.343 e. The Labute approximate surface area is 141 Å². The normalized spacial score (nSPS) is 15.9. The maximum atomic E-state index is 13.2.